The third kappa shape index (κ3) is 3.33. The normalized spacial score (nSPS) is 15.8. The maximum absolute atomic E-state index is 13.3. The highest BCUT2D eigenvalue weighted by Gasteiger charge is 2.25. The third-order valence-electron chi connectivity index (χ3n) is 5.76. The second kappa shape index (κ2) is 7.72. The number of hydrogen-bond acceptors (Lipinski definition) is 5. The summed E-state index contributed by atoms with van der Waals surface area (Å²) in [6.07, 6.45) is 4.24. The lowest BCUT2D eigenvalue weighted by molar-refractivity contribution is 0.457. The number of aromatic amines is 1. The number of para-hydroxylation sites is 2. The number of H-pyrrole nitrogens is 1. The van der Waals surface area contributed by atoms with Gasteiger partial charge in [0.2, 0.25) is 0 Å². The number of nitrogens with one attached hydrogen (secondary N) is 1. The Bertz CT molecular complexity index is 1350. The zero-order valence-corrected chi connectivity index (χ0v) is 17.5. The van der Waals surface area contributed by atoms with Gasteiger partial charge in [-0.3, -0.25) is 14.2 Å². The predicted molar refractivity (Wildman–Crippen MR) is 120 cm³/mol. The molecule has 5 rings (SSSR count). The summed E-state index contributed by atoms with van der Waals surface area (Å²) in [7, 11) is 0. The van der Waals surface area contributed by atoms with E-state index in [4.69, 9.17) is 4.98 Å². The lowest BCUT2D eigenvalue weighted by atomic mass is 10.2. The van der Waals surface area contributed by atoms with E-state index in [9.17, 15) is 9.59 Å². The molecule has 152 valence electrons. The van der Waals surface area contributed by atoms with Crippen LogP contribution in [0.5, 0.6) is 0 Å². The van der Waals surface area contributed by atoms with E-state index in [-0.39, 0.29) is 22.4 Å². The van der Waals surface area contributed by atoms with Crippen LogP contribution < -0.4 is 11.1 Å². The highest BCUT2D eigenvalue weighted by atomic mass is 32.2. The maximum Gasteiger partial charge on any atom is 0.262 e. The molecule has 1 aliphatic carbocycles. The van der Waals surface area contributed by atoms with Crippen LogP contribution in [0.2, 0.25) is 0 Å². The second-order valence-electron chi connectivity index (χ2n) is 7.75. The monoisotopic (exact) mass is 418 g/mol. The molecule has 1 N–H and O–H groups in total. The van der Waals surface area contributed by atoms with Gasteiger partial charge in [0.1, 0.15) is 5.82 Å². The molecule has 2 heterocycles. The van der Waals surface area contributed by atoms with Gasteiger partial charge in [-0.2, -0.15) is 0 Å². The van der Waals surface area contributed by atoms with Crippen molar-refractivity contribution in [1.29, 1.82) is 0 Å². The molecule has 0 radical (unpaired) electrons. The molecule has 0 saturated heterocycles. The molecule has 2 aromatic carbocycles. The molecule has 7 heteroatoms. The van der Waals surface area contributed by atoms with E-state index < -0.39 is 0 Å². The van der Waals surface area contributed by atoms with Crippen molar-refractivity contribution in [1.82, 2.24) is 19.5 Å². The van der Waals surface area contributed by atoms with Gasteiger partial charge in [-0.05, 0) is 44.0 Å². The van der Waals surface area contributed by atoms with Gasteiger partial charge in [-0.15, -0.1) is 0 Å². The quantitative estimate of drug-likeness (QED) is 0.387. The molecule has 2 aromatic heterocycles. The van der Waals surface area contributed by atoms with Crippen molar-refractivity contribution >= 4 is 33.6 Å². The number of nitrogens with zero attached hydrogens (tertiary/aromatic N) is 3. The molecular formula is C23H22N4O2S. The highest BCUT2D eigenvalue weighted by molar-refractivity contribution is 7.99. The molecule has 0 spiro atoms. The Hall–Kier alpha value is -2.93. The molecule has 1 fully saturated rings. The first-order valence-corrected chi connectivity index (χ1v) is 11.2. The molecule has 1 aliphatic rings. The first kappa shape index (κ1) is 19.1. The van der Waals surface area contributed by atoms with Gasteiger partial charge >= 0.3 is 0 Å². The first-order valence-electron chi connectivity index (χ1n) is 10.3. The molecule has 1 atom stereocenters. The molecule has 0 unspecified atom stereocenters. The minimum atomic E-state index is -0.164. The standard InChI is InChI=1S/C23H22N4O2S/c1-14(20-24-18-12-6-4-10-16(18)21(28)26-20)30-23-25-19-13-7-5-11-17(19)22(29)27(23)15-8-2-3-9-15/h4-7,10-15H,2-3,8-9H2,1H3,(H,24,26,28)/t14-/m1/s1. The Kier molecular flexibility index (Phi) is 4.90. The fourth-order valence-corrected chi connectivity index (χ4v) is 5.24. The summed E-state index contributed by atoms with van der Waals surface area (Å²) in [5, 5.41) is 1.75. The minimum absolute atomic E-state index is 0.0159. The van der Waals surface area contributed by atoms with Crippen LogP contribution in [0.4, 0.5) is 0 Å². The van der Waals surface area contributed by atoms with E-state index in [1.165, 1.54) is 11.8 Å². The number of thioether (sulfide) groups is 1. The lowest BCUT2D eigenvalue weighted by Crippen LogP contribution is -2.26. The van der Waals surface area contributed by atoms with Crippen LogP contribution in [0.15, 0.2) is 63.3 Å². The van der Waals surface area contributed by atoms with Crippen molar-refractivity contribution in [3.63, 3.8) is 0 Å². The molecule has 30 heavy (non-hydrogen) atoms. The average molecular weight is 419 g/mol. The van der Waals surface area contributed by atoms with Crippen molar-refractivity contribution in [3.8, 4) is 0 Å². The Balaban J connectivity index is 1.60. The van der Waals surface area contributed by atoms with Gasteiger partial charge in [0.05, 0.1) is 27.1 Å². The van der Waals surface area contributed by atoms with E-state index >= 15 is 0 Å². The highest BCUT2D eigenvalue weighted by Crippen LogP contribution is 2.37. The molecule has 4 aromatic rings. The van der Waals surface area contributed by atoms with Gasteiger partial charge in [0, 0.05) is 6.04 Å². The van der Waals surface area contributed by atoms with Gasteiger partial charge < -0.3 is 4.98 Å². The number of fused-ring (bicyclic) bond motifs is 2. The van der Waals surface area contributed by atoms with Crippen molar-refractivity contribution in [2.24, 2.45) is 0 Å². The fourth-order valence-electron chi connectivity index (χ4n) is 4.20. The molecule has 6 nitrogen and oxygen atoms in total. The summed E-state index contributed by atoms with van der Waals surface area (Å²) in [5.41, 5.74) is 1.24. The summed E-state index contributed by atoms with van der Waals surface area (Å²) < 4.78 is 1.87. The maximum atomic E-state index is 13.3. The Morgan fingerprint density at radius 1 is 0.967 bits per heavy atom. The van der Waals surface area contributed by atoms with Crippen LogP contribution in [-0.2, 0) is 0 Å². The van der Waals surface area contributed by atoms with Crippen LogP contribution in [-0.4, -0.2) is 19.5 Å². The lowest BCUT2D eigenvalue weighted by Gasteiger charge is -2.20. The molecular weight excluding hydrogens is 396 g/mol. The molecule has 0 amide bonds. The molecule has 1 saturated carbocycles. The van der Waals surface area contributed by atoms with E-state index in [0.29, 0.717) is 32.8 Å². The SMILES string of the molecule is C[C@@H](Sc1nc2ccccc2c(=O)n1C1CCCC1)c1nc2ccccc2c(=O)[nH]1. The first-order chi connectivity index (χ1) is 14.6. The van der Waals surface area contributed by atoms with Crippen LogP contribution in [0, 0.1) is 0 Å². The van der Waals surface area contributed by atoms with Crippen molar-refractivity contribution < 1.29 is 0 Å². The van der Waals surface area contributed by atoms with E-state index in [1.807, 2.05) is 54.0 Å². The Morgan fingerprint density at radius 2 is 1.60 bits per heavy atom. The van der Waals surface area contributed by atoms with E-state index in [2.05, 4.69) is 9.97 Å². The summed E-state index contributed by atoms with van der Waals surface area (Å²) in [6.45, 7) is 1.98. The summed E-state index contributed by atoms with van der Waals surface area (Å²) in [6, 6.07) is 15.0. The van der Waals surface area contributed by atoms with Gasteiger partial charge in [-0.1, -0.05) is 48.9 Å². The number of hydrogen-bond donors (Lipinski definition) is 1. The van der Waals surface area contributed by atoms with Gasteiger partial charge in [0.15, 0.2) is 5.16 Å². The minimum Gasteiger partial charge on any atom is -0.309 e. The zero-order valence-electron chi connectivity index (χ0n) is 16.7. The topological polar surface area (TPSA) is 80.6 Å². The third-order valence-corrected chi connectivity index (χ3v) is 6.84. The van der Waals surface area contributed by atoms with E-state index in [0.717, 1.165) is 25.7 Å². The number of rotatable bonds is 4. The van der Waals surface area contributed by atoms with Crippen molar-refractivity contribution in [2.75, 3.05) is 0 Å². The van der Waals surface area contributed by atoms with Crippen molar-refractivity contribution in [2.45, 2.75) is 49.1 Å². The summed E-state index contributed by atoms with van der Waals surface area (Å²) >= 11 is 1.48. The van der Waals surface area contributed by atoms with Crippen LogP contribution in [0.25, 0.3) is 21.8 Å². The summed E-state index contributed by atoms with van der Waals surface area (Å²) in [4.78, 5) is 38.2. The number of benzene rings is 2. The van der Waals surface area contributed by atoms with E-state index in [1.54, 1.807) is 6.07 Å². The fraction of sp³-hybridized carbons (Fsp3) is 0.304. The van der Waals surface area contributed by atoms with Gasteiger partial charge in [-0.25, -0.2) is 9.97 Å². The Morgan fingerprint density at radius 3 is 2.33 bits per heavy atom. The predicted octanol–water partition coefficient (Wildman–Crippen LogP) is 4.60. The van der Waals surface area contributed by atoms with Crippen molar-refractivity contribution in [3.05, 3.63) is 75.1 Å². The summed E-state index contributed by atoms with van der Waals surface area (Å²) in [5.74, 6) is 0.587. The Labute approximate surface area is 177 Å². The average Bonchev–Trinajstić information content (AvgIpc) is 3.28. The zero-order chi connectivity index (χ0) is 20.7. The second-order valence-corrected chi connectivity index (χ2v) is 9.06. The smallest absolute Gasteiger partial charge is 0.262 e. The number of aromatic nitrogens is 4. The molecule has 0 aliphatic heterocycles. The van der Waals surface area contributed by atoms with Crippen LogP contribution in [0.1, 0.15) is 49.7 Å². The van der Waals surface area contributed by atoms with Crippen LogP contribution in [0.3, 0.4) is 0 Å². The largest absolute Gasteiger partial charge is 0.309 e. The van der Waals surface area contributed by atoms with Gasteiger partial charge in [0.25, 0.3) is 11.1 Å². The molecule has 0 bridgehead atoms. The van der Waals surface area contributed by atoms with Crippen LogP contribution >= 0.6 is 11.8 Å².